The molecule has 1 aromatic heterocycles. The minimum Gasteiger partial charge on any atom is -0.314 e. The van der Waals surface area contributed by atoms with Gasteiger partial charge >= 0.3 is 0 Å². The molecule has 0 aliphatic carbocycles. The van der Waals surface area contributed by atoms with E-state index in [4.69, 9.17) is 0 Å². The summed E-state index contributed by atoms with van der Waals surface area (Å²) < 4.78 is 0. The molecule has 1 saturated heterocycles. The van der Waals surface area contributed by atoms with Gasteiger partial charge in [0.25, 0.3) is 11.8 Å². The van der Waals surface area contributed by atoms with Crippen molar-refractivity contribution in [2.75, 3.05) is 6.54 Å². The van der Waals surface area contributed by atoms with Crippen LogP contribution in [-0.4, -0.2) is 44.9 Å². The smallest absolute Gasteiger partial charge is 0.276 e. The number of imide groups is 1. The Labute approximate surface area is 120 Å². The number of nitrogens with one attached hydrogen (secondary N) is 2. The molecule has 0 atom stereocenters. The van der Waals surface area contributed by atoms with E-state index in [1.807, 2.05) is 6.07 Å². The van der Waals surface area contributed by atoms with E-state index in [0.717, 1.165) is 5.52 Å². The molecule has 3 amide bonds. The number of hydrogen-bond acceptors (Lipinski definition) is 4. The Hall–Kier alpha value is -2.70. The first-order valence-corrected chi connectivity index (χ1v) is 6.50. The number of rotatable bonds is 1. The average Bonchev–Trinajstić information content (AvgIpc) is 2.86. The summed E-state index contributed by atoms with van der Waals surface area (Å²) in [5.41, 5.74) is -0.168. The molecule has 1 aliphatic rings. The fourth-order valence-electron chi connectivity index (χ4n) is 2.36. The van der Waals surface area contributed by atoms with Crippen molar-refractivity contribution in [1.82, 2.24) is 20.4 Å². The van der Waals surface area contributed by atoms with Gasteiger partial charge in [0.1, 0.15) is 12.1 Å². The Kier molecular flexibility index (Phi) is 2.79. The van der Waals surface area contributed by atoms with E-state index in [9.17, 15) is 14.4 Å². The number of carbonyl (C=O) groups is 3. The molecule has 0 unspecified atom stereocenters. The minimum absolute atomic E-state index is 0.168. The van der Waals surface area contributed by atoms with Crippen LogP contribution in [0.3, 0.4) is 0 Å². The Morgan fingerprint density at radius 3 is 2.76 bits per heavy atom. The van der Waals surface area contributed by atoms with Crippen molar-refractivity contribution in [2.24, 2.45) is 0 Å². The molecule has 3 rings (SSSR count). The van der Waals surface area contributed by atoms with Gasteiger partial charge in [-0.25, -0.2) is 0 Å². The highest BCUT2D eigenvalue weighted by Crippen LogP contribution is 2.23. The molecule has 2 heterocycles. The van der Waals surface area contributed by atoms with Crippen LogP contribution in [0.1, 0.15) is 24.3 Å². The number of piperazine rings is 1. The third-order valence-corrected chi connectivity index (χ3v) is 3.70. The van der Waals surface area contributed by atoms with Crippen LogP contribution < -0.4 is 5.32 Å². The number of benzene rings is 1. The minimum atomic E-state index is -1.11. The molecule has 7 nitrogen and oxygen atoms in total. The first-order valence-electron chi connectivity index (χ1n) is 6.50. The Bertz CT molecular complexity index is 762. The molecule has 0 radical (unpaired) electrons. The molecule has 2 aromatic rings. The van der Waals surface area contributed by atoms with Crippen molar-refractivity contribution in [1.29, 1.82) is 0 Å². The van der Waals surface area contributed by atoms with E-state index >= 15 is 0 Å². The summed E-state index contributed by atoms with van der Waals surface area (Å²) in [5, 5.41) is 9.70. The lowest BCUT2D eigenvalue weighted by Gasteiger charge is -2.39. The number of H-pyrrole nitrogens is 1. The van der Waals surface area contributed by atoms with E-state index in [1.165, 1.54) is 4.90 Å². The molecule has 108 valence electrons. The van der Waals surface area contributed by atoms with E-state index in [-0.39, 0.29) is 12.2 Å². The fraction of sp³-hybridized carbons (Fsp3) is 0.286. The Balaban J connectivity index is 2.04. The Morgan fingerprint density at radius 2 is 2.00 bits per heavy atom. The second-order valence-corrected chi connectivity index (χ2v) is 5.45. The van der Waals surface area contributed by atoms with Gasteiger partial charge in [0, 0.05) is 5.39 Å². The number of para-hydroxylation sites is 1. The number of aromatic amines is 1. The van der Waals surface area contributed by atoms with Crippen molar-refractivity contribution in [3.8, 4) is 0 Å². The van der Waals surface area contributed by atoms with Crippen LogP contribution in [0.4, 0.5) is 0 Å². The van der Waals surface area contributed by atoms with Crippen molar-refractivity contribution in [3.63, 3.8) is 0 Å². The molecular weight excluding hydrogens is 272 g/mol. The van der Waals surface area contributed by atoms with E-state index in [0.29, 0.717) is 5.39 Å². The largest absolute Gasteiger partial charge is 0.314 e. The second-order valence-electron chi connectivity index (χ2n) is 5.45. The average molecular weight is 286 g/mol. The van der Waals surface area contributed by atoms with Gasteiger partial charge in [0.2, 0.25) is 5.91 Å². The van der Waals surface area contributed by atoms with E-state index in [1.54, 1.807) is 32.0 Å². The number of nitrogens with zero attached hydrogens (tertiary/aromatic N) is 2. The maximum Gasteiger partial charge on any atom is 0.276 e. The fourth-order valence-corrected chi connectivity index (χ4v) is 2.36. The normalized spacial score (nSPS) is 17.9. The molecule has 0 bridgehead atoms. The Morgan fingerprint density at radius 1 is 1.29 bits per heavy atom. The maximum atomic E-state index is 12.7. The summed E-state index contributed by atoms with van der Waals surface area (Å²) in [7, 11) is 0. The van der Waals surface area contributed by atoms with Crippen LogP contribution >= 0.6 is 0 Å². The van der Waals surface area contributed by atoms with Crippen molar-refractivity contribution in [2.45, 2.75) is 19.4 Å². The number of fused-ring (bicyclic) bond motifs is 1. The van der Waals surface area contributed by atoms with Crippen LogP contribution in [-0.2, 0) is 9.59 Å². The predicted octanol–water partition coefficient (Wildman–Crippen LogP) is 0.440. The summed E-state index contributed by atoms with van der Waals surface area (Å²) in [5.74, 6) is -1.43. The molecule has 1 aromatic carbocycles. The monoisotopic (exact) mass is 286 g/mol. The van der Waals surface area contributed by atoms with Crippen LogP contribution in [0, 0.1) is 0 Å². The van der Waals surface area contributed by atoms with Gasteiger partial charge in [0.05, 0.1) is 5.52 Å². The van der Waals surface area contributed by atoms with Crippen LogP contribution in [0.2, 0.25) is 0 Å². The molecule has 1 aliphatic heterocycles. The molecule has 2 N–H and O–H groups in total. The van der Waals surface area contributed by atoms with Gasteiger partial charge in [-0.15, -0.1) is 0 Å². The lowest BCUT2D eigenvalue weighted by Crippen LogP contribution is -2.65. The summed E-state index contributed by atoms with van der Waals surface area (Å²) in [4.78, 5) is 37.4. The van der Waals surface area contributed by atoms with Gasteiger partial charge in [-0.2, -0.15) is 5.10 Å². The van der Waals surface area contributed by atoms with Crippen LogP contribution in [0.25, 0.3) is 10.9 Å². The molecule has 21 heavy (non-hydrogen) atoms. The first kappa shape index (κ1) is 13.3. The number of aromatic nitrogens is 2. The predicted molar refractivity (Wildman–Crippen MR) is 74.4 cm³/mol. The lowest BCUT2D eigenvalue weighted by atomic mass is 9.98. The molecule has 0 spiro atoms. The number of amides is 3. The lowest BCUT2D eigenvalue weighted by molar-refractivity contribution is -0.143. The molecular formula is C14H14N4O3. The van der Waals surface area contributed by atoms with Gasteiger partial charge in [-0.1, -0.05) is 18.2 Å². The first-order chi connectivity index (χ1) is 9.91. The summed E-state index contributed by atoms with van der Waals surface area (Å²) >= 11 is 0. The van der Waals surface area contributed by atoms with Crippen LogP contribution in [0.15, 0.2) is 24.3 Å². The van der Waals surface area contributed by atoms with Gasteiger partial charge in [0.15, 0.2) is 5.69 Å². The topological polar surface area (TPSA) is 95.2 Å². The second kappa shape index (κ2) is 4.41. The van der Waals surface area contributed by atoms with Crippen molar-refractivity contribution >= 4 is 28.6 Å². The van der Waals surface area contributed by atoms with Crippen LogP contribution in [0.5, 0.6) is 0 Å². The van der Waals surface area contributed by atoms with E-state index in [2.05, 4.69) is 15.5 Å². The summed E-state index contributed by atoms with van der Waals surface area (Å²) in [6, 6.07) is 7.20. The standard InChI is InChI=1S/C14H14N4O3/c1-14(2)13(21)15-10(19)7-18(14)12(20)11-8-5-3-4-6-9(8)16-17-11/h3-6H,7H2,1-2H3,(H,16,17)(H,15,19,21). The third-order valence-electron chi connectivity index (χ3n) is 3.70. The molecule has 1 fully saturated rings. The maximum absolute atomic E-state index is 12.7. The van der Waals surface area contributed by atoms with Gasteiger partial charge < -0.3 is 4.90 Å². The highest BCUT2D eigenvalue weighted by molar-refractivity contribution is 6.11. The quantitative estimate of drug-likeness (QED) is 0.744. The molecule has 7 heteroatoms. The summed E-state index contributed by atoms with van der Waals surface area (Å²) in [6.45, 7) is 3.03. The summed E-state index contributed by atoms with van der Waals surface area (Å²) in [6.07, 6.45) is 0. The van der Waals surface area contributed by atoms with Gasteiger partial charge in [-0.05, 0) is 19.9 Å². The zero-order valence-electron chi connectivity index (χ0n) is 11.6. The van der Waals surface area contributed by atoms with Crippen molar-refractivity contribution < 1.29 is 14.4 Å². The number of carbonyl (C=O) groups excluding carboxylic acids is 3. The highest BCUT2D eigenvalue weighted by atomic mass is 16.2. The van der Waals surface area contributed by atoms with E-state index < -0.39 is 23.3 Å². The van der Waals surface area contributed by atoms with Gasteiger partial charge in [-0.3, -0.25) is 24.8 Å². The highest BCUT2D eigenvalue weighted by Gasteiger charge is 2.44. The third kappa shape index (κ3) is 1.97. The van der Waals surface area contributed by atoms with Crippen molar-refractivity contribution in [3.05, 3.63) is 30.0 Å². The SMILES string of the molecule is CC1(C)C(=O)NC(=O)CN1C(=O)c1n[nH]c2ccccc12. The number of hydrogen-bond donors (Lipinski definition) is 2. The molecule has 0 saturated carbocycles. The zero-order valence-corrected chi connectivity index (χ0v) is 11.6. The zero-order chi connectivity index (χ0) is 15.2.